The molecule has 7 heteroatoms. The van der Waals surface area contributed by atoms with Gasteiger partial charge < -0.3 is 10.5 Å². The van der Waals surface area contributed by atoms with E-state index in [0.29, 0.717) is 30.3 Å². The minimum absolute atomic E-state index is 0.0244. The van der Waals surface area contributed by atoms with Crippen LogP contribution in [-0.4, -0.2) is 36.4 Å². The number of nitrogens with zero attached hydrogens (tertiary/aromatic N) is 1. The van der Waals surface area contributed by atoms with Gasteiger partial charge in [0.1, 0.15) is 12.4 Å². The van der Waals surface area contributed by atoms with Gasteiger partial charge in [-0.3, -0.25) is 4.79 Å². The standard InChI is InChI=1S/C26H32N2O4S/c1-25(2)20-12-13-26(25)17-33(30,31)28(23(26)15-20)24(29)22(27)14-18-8-10-21(11-9-18)32-16-19-6-4-3-5-7-19/h3-11,20,22-23H,12-17,27H2,1-2H3/t20-,22+,23-,26-/m1/s1/i22D. The number of carbonyl (C=O) groups excluding carboxylic acids is 1. The van der Waals surface area contributed by atoms with Gasteiger partial charge in [-0.1, -0.05) is 56.3 Å². The summed E-state index contributed by atoms with van der Waals surface area (Å²) in [5.74, 6) is 0.218. The molecule has 2 N–H and O–H groups in total. The average Bonchev–Trinajstić information content (AvgIpc) is 3.26. The second kappa shape index (κ2) is 7.84. The molecule has 2 aromatic carbocycles. The number of hydrogen-bond donors (Lipinski definition) is 1. The Bertz CT molecular complexity index is 1200. The third-order valence-corrected chi connectivity index (χ3v) is 10.4. The highest BCUT2D eigenvalue weighted by Gasteiger charge is 2.72. The Hall–Kier alpha value is -2.38. The quantitative estimate of drug-likeness (QED) is 0.699. The normalized spacial score (nSPS) is 31.0. The molecule has 1 spiro atoms. The summed E-state index contributed by atoms with van der Waals surface area (Å²) in [7, 11) is -3.81. The van der Waals surface area contributed by atoms with E-state index in [1.807, 2.05) is 30.3 Å². The van der Waals surface area contributed by atoms with Gasteiger partial charge in [-0.05, 0) is 60.3 Å². The number of nitrogens with two attached hydrogens (primary N) is 1. The molecule has 3 aliphatic rings. The van der Waals surface area contributed by atoms with Crippen molar-refractivity contribution in [1.29, 1.82) is 0 Å². The van der Waals surface area contributed by atoms with E-state index in [-0.39, 0.29) is 23.6 Å². The lowest BCUT2D eigenvalue weighted by Gasteiger charge is -2.37. The van der Waals surface area contributed by atoms with Gasteiger partial charge in [-0.25, -0.2) is 12.7 Å². The van der Waals surface area contributed by atoms with Gasteiger partial charge in [0.15, 0.2) is 0 Å². The zero-order valence-electron chi connectivity index (χ0n) is 20.2. The zero-order chi connectivity index (χ0) is 24.4. The monoisotopic (exact) mass is 469 g/mol. The van der Waals surface area contributed by atoms with E-state index in [1.165, 1.54) is 0 Å². The molecular formula is C26H32N2O4S. The van der Waals surface area contributed by atoms with Crippen molar-refractivity contribution in [2.75, 3.05) is 5.75 Å². The van der Waals surface area contributed by atoms with E-state index in [9.17, 15) is 13.2 Å². The molecule has 2 bridgehead atoms. The van der Waals surface area contributed by atoms with Crippen molar-refractivity contribution in [2.24, 2.45) is 22.5 Å². The van der Waals surface area contributed by atoms with E-state index >= 15 is 0 Å². The molecule has 1 saturated heterocycles. The molecule has 1 aliphatic heterocycles. The highest BCUT2D eigenvalue weighted by molar-refractivity contribution is 7.90. The largest absolute Gasteiger partial charge is 0.489 e. The number of hydrogen-bond acceptors (Lipinski definition) is 5. The third-order valence-electron chi connectivity index (χ3n) is 8.45. The number of sulfonamides is 1. The van der Waals surface area contributed by atoms with Crippen LogP contribution < -0.4 is 10.5 Å². The second-order valence-corrected chi connectivity index (χ2v) is 12.2. The van der Waals surface area contributed by atoms with Gasteiger partial charge in [0.05, 0.1) is 19.2 Å². The van der Waals surface area contributed by atoms with Crippen molar-refractivity contribution in [2.45, 2.75) is 58.2 Å². The van der Waals surface area contributed by atoms with E-state index in [0.717, 1.165) is 22.7 Å². The van der Waals surface area contributed by atoms with E-state index in [2.05, 4.69) is 13.8 Å². The number of fused-ring (bicyclic) bond motifs is 1. The summed E-state index contributed by atoms with van der Waals surface area (Å²) < 4.78 is 41.8. The fraction of sp³-hybridized carbons (Fsp3) is 0.500. The fourth-order valence-electron chi connectivity index (χ4n) is 6.44. The molecule has 33 heavy (non-hydrogen) atoms. The van der Waals surface area contributed by atoms with Crippen molar-refractivity contribution in [3.05, 3.63) is 65.7 Å². The fourth-order valence-corrected chi connectivity index (χ4v) is 8.98. The Morgan fingerprint density at radius 1 is 1.18 bits per heavy atom. The predicted molar refractivity (Wildman–Crippen MR) is 127 cm³/mol. The molecule has 1 amide bonds. The van der Waals surface area contributed by atoms with Crippen LogP contribution in [0.25, 0.3) is 0 Å². The lowest BCUT2D eigenvalue weighted by Crippen LogP contribution is -2.50. The summed E-state index contributed by atoms with van der Waals surface area (Å²) >= 11 is 0. The second-order valence-electron chi connectivity index (χ2n) is 10.3. The van der Waals surface area contributed by atoms with Crippen LogP contribution in [0.2, 0.25) is 0 Å². The van der Waals surface area contributed by atoms with Crippen LogP contribution in [0.3, 0.4) is 0 Å². The van der Waals surface area contributed by atoms with Crippen molar-refractivity contribution < 1.29 is 19.3 Å². The first kappa shape index (κ1) is 21.2. The van der Waals surface area contributed by atoms with Crippen molar-refractivity contribution in [3.63, 3.8) is 0 Å². The predicted octanol–water partition coefficient (Wildman–Crippen LogP) is 3.50. The van der Waals surface area contributed by atoms with Crippen molar-refractivity contribution in [3.8, 4) is 5.75 Å². The van der Waals surface area contributed by atoms with E-state index < -0.39 is 27.4 Å². The Morgan fingerprint density at radius 3 is 2.55 bits per heavy atom. The van der Waals surface area contributed by atoms with Gasteiger partial charge >= 0.3 is 0 Å². The minimum atomic E-state index is -3.81. The van der Waals surface area contributed by atoms with Crippen LogP contribution >= 0.6 is 0 Å². The number of amides is 1. The van der Waals surface area contributed by atoms with Crippen LogP contribution in [0.1, 0.15) is 45.6 Å². The van der Waals surface area contributed by atoms with Gasteiger partial charge in [0.2, 0.25) is 10.0 Å². The number of rotatable bonds is 6. The third kappa shape index (κ3) is 3.56. The van der Waals surface area contributed by atoms with Crippen LogP contribution in [0.5, 0.6) is 5.75 Å². The zero-order valence-corrected chi connectivity index (χ0v) is 20.0. The summed E-state index contributed by atoms with van der Waals surface area (Å²) in [5, 5.41) is 0. The van der Waals surface area contributed by atoms with Crippen LogP contribution in [-0.2, 0) is 27.8 Å². The molecule has 2 aliphatic carbocycles. The Kier molecular flexibility index (Phi) is 5.03. The van der Waals surface area contributed by atoms with Crippen molar-refractivity contribution >= 4 is 15.9 Å². The molecule has 2 saturated carbocycles. The maximum atomic E-state index is 13.4. The molecule has 0 unspecified atom stereocenters. The number of ether oxygens (including phenoxy) is 1. The summed E-state index contributed by atoms with van der Waals surface area (Å²) in [4.78, 5) is 13.4. The lowest BCUT2D eigenvalue weighted by molar-refractivity contribution is -0.130. The summed E-state index contributed by atoms with van der Waals surface area (Å²) in [5.41, 5.74) is 7.35. The first-order chi connectivity index (χ1) is 16.0. The van der Waals surface area contributed by atoms with Crippen LogP contribution in [0.15, 0.2) is 54.6 Å². The van der Waals surface area contributed by atoms with Gasteiger partial charge in [-0.15, -0.1) is 0 Å². The first-order valence-corrected chi connectivity index (χ1v) is 13.2. The topological polar surface area (TPSA) is 89.7 Å². The highest BCUT2D eigenvalue weighted by atomic mass is 32.2. The molecule has 0 aromatic heterocycles. The molecule has 2 aromatic rings. The summed E-state index contributed by atoms with van der Waals surface area (Å²) in [6, 6.07) is 14.4. The van der Waals surface area contributed by atoms with Crippen molar-refractivity contribution in [1.82, 2.24) is 4.31 Å². The Labute approximate surface area is 197 Å². The highest BCUT2D eigenvalue weighted by Crippen LogP contribution is 2.70. The first-order valence-electron chi connectivity index (χ1n) is 12.1. The summed E-state index contributed by atoms with van der Waals surface area (Å²) in [6.07, 6.45) is 2.39. The minimum Gasteiger partial charge on any atom is -0.489 e. The van der Waals surface area contributed by atoms with Gasteiger partial charge in [0.25, 0.3) is 5.91 Å². The van der Waals surface area contributed by atoms with E-state index in [4.69, 9.17) is 11.8 Å². The molecule has 5 rings (SSSR count). The molecule has 0 radical (unpaired) electrons. The SMILES string of the molecule is [2H][C@](N)(Cc1ccc(OCc2ccccc2)cc1)C(=O)N1[C@@H]2C[C@H]3CC[C@]2(CS1(=O)=O)C3(C)C. The molecule has 4 atom stereocenters. The number of carbonyl (C=O) groups is 1. The molecule has 3 fully saturated rings. The smallest absolute Gasteiger partial charge is 0.253 e. The summed E-state index contributed by atoms with van der Waals surface area (Å²) in [6.45, 7) is 4.70. The maximum Gasteiger partial charge on any atom is 0.253 e. The number of benzene rings is 2. The maximum absolute atomic E-state index is 13.4. The van der Waals surface area contributed by atoms with Crippen LogP contribution in [0, 0.1) is 16.7 Å². The molecule has 176 valence electrons. The molecule has 6 nitrogen and oxygen atoms in total. The average molecular weight is 470 g/mol. The molecule has 1 heterocycles. The molecular weight excluding hydrogens is 436 g/mol. The van der Waals surface area contributed by atoms with Crippen LogP contribution in [0.4, 0.5) is 0 Å². The Balaban J connectivity index is 1.30. The lowest BCUT2D eigenvalue weighted by atomic mass is 9.69. The van der Waals surface area contributed by atoms with Gasteiger partial charge in [-0.2, -0.15) is 0 Å². The van der Waals surface area contributed by atoms with E-state index in [1.54, 1.807) is 24.3 Å². The Morgan fingerprint density at radius 2 is 1.88 bits per heavy atom. The van der Waals surface area contributed by atoms with Gasteiger partial charge in [0, 0.05) is 5.41 Å².